The van der Waals surface area contributed by atoms with Crippen molar-refractivity contribution in [2.45, 2.75) is 19.3 Å². The molecule has 0 radical (unpaired) electrons. The van der Waals surface area contributed by atoms with Gasteiger partial charge in [0.2, 0.25) is 5.82 Å². The predicted octanol–water partition coefficient (Wildman–Crippen LogP) is 6.41. The van der Waals surface area contributed by atoms with Crippen LogP contribution in [-0.2, 0) is 12.4 Å². The monoisotopic (exact) mass is 396 g/mol. The van der Waals surface area contributed by atoms with Gasteiger partial charge in [-0.15, -0.1) is 0 Å². The number of alkyl halides is 6. The van der Waals surface area contributed by atoms with Crippen LogP contribution in [0.4, 0.5) is 48.3 Å². The van der Waals surface area contributed by atoms with Crippen LogP contribution in [0.3, 0.4) is 0 Å². The summed E-state index contributed by atoms with van der Waals surface area (Å²) in [6.45, 7) is 1.18. The minimum atomic E-state index is -4.76. The van der Waals surface area contributed by atoms with Gasteiger partial charge < -0.3 is 0 Å². The molecular formula is C15H7F11. The van der Waals surface area contributed by atoms with Crippen LogP contribution in [0, 0.1) is 36.0 Å². The quantitative estimate of drug-likeness (QED) is 0.274. The second-order valence-electron chi connectivity index (χ2n) is 4.87. The molecule has 2 aromatic rings. The van der Waals surface area contributed by atoms with Crippen LogP contribution in [-0.4, -0.2) is 0 Å². The Hall–Kier alpha value is -2.33. The lowest BCUT2D eigenvalue weighted by atomic mass is 10.1. The first-order valence-corrected chi connectivity index (χ1v) is 6.39. The van der Waals surface area contributed by atoms with Crippen molar-refractivity contribution < 1.29 is 48.3 Å². The van der Waals surface area contributed by atoms with Crippen molar-refractivity contribution in [3.05, 3.63) is 70.0 Å². The van der Waals surface area contributed by atoms with Gasteiger partial charge in [-0.05, 0) is 30.7 Å². The van der Waals surface area contributed by atoms with Gasteiger partial charge in [0.25, 0.3) is 0 Å². The largest absolute Gasteiger partial charge is 0.416 e. The molecule has 0 heterocycles. The van der Waals surface area contributed by atoms with Crippen LogP contribution < -0.4 is 0 Å². The smallest absolute Gasteiger partial charge is 0.204 e. The molecule has 0 spiro atoms. The van der Waals surface area contributed by atoms with Gasteiger partial charge in [0.05, 0.1) is 11.1 Å². The Labute approximate surface area is 138 Å². The van der Waals surface area contributed by atoms with Crippen molar-refractivity contribution in [2.75, 3.05) is 0 Å². The van der Waals surface area contributed by atoms with Crippen LogP contribution in [0.2, 0.25) is 0 Å². The standard InChI is InChI=1S/C9H6F6.C6HF5/c1-5-2-6(8(10,11)12)4-7(3-5)9(13,14)15;7-2-1-3(8)5(10)6(11)4(2)9/h2-4H,1H3;1H. The Morgan fingerprint density at radius 3 is 1.19 bits per heavy atom. The van der Waals surface area contributed by atoms with Crippen molar-refractivity contribution in [2.24, 2.45) is 0 Å². The average Bonchev–Trinajstić information content (AvgIpc) is 2.49. The highest BCUT2D eigenvalue weighted by Crippen LogP contribution is 2.36. The van der Waals surface area contributed by atoms with Crippen LogP contribution in [0.25, 0.3) is 0 Å². The number of hydrogen-bond acceptors (Lipinski definition) is 0. The maximum Gasteiger partial charge on any atom is 0.416 e. The first-order valence-electron chi connectivity index (χ1n) is 6.39. The first kappa shape index (κ1) is 21.7. The number of halogens is 11. The lowest BCUT2D eigenvalue weighted by Crippen LogP contribution is -2.11. The highest BCUT2D eigenvalue weighted by molar-refractivity contribution is 5.32. The van der Waals surface area contributed by atoms with E-state index in [1.54, 1.807) is 0 Å². The third kappa shape index (κ3) is 5.33. The zero-order valence-corrected chi connectivity index (χ0v) is 12.5. The Morgan fingerprint density at radius 1 is 0.538 bits per heavy atom. The van der Waals surface area contributed by atoms with Crippen molar-refractivity contribution >= 4 is 0 Å². The van der Waals surface area contributed by atoms with Gasteiger partial charge in [-0.1, -0.05) is 0 Å². The van der Waals surface area contributed by atoms with Gasteiger partial charge in [-0.2, -0.15) is 26.3 Å². The normalized spacial score (nSPS) is 11.8. The molecule has 0 aliphatic rings. The molecule has 0 saturated carbocycles. The third-order valence-corrected chi connectivity index (χ3v) is 2.79. The van der Waals surface area contributed by atoms with Gasteiger partial charge in [0.15, 0.2) is 23.3 Å². The topological polar surface area (TPSA) is 0 Å². The van der Waals surface area contributed by atoms with Crippen molar-refractivity contribution in [1.82, 2.24) is 0 Å². The van der Waals surface area contributed by atoms with E-state index in [1.165, 1.54) is 6.92 Å². The van der Waals surface area contributed by atoms with E-state index in [1.807, 2.05) is 0 Å². The van der Waals surface area contributed by atoms with E-state index in [0.717, 1.165) is 0 Å². The van der Waals surface area contributed by atoms with E-state index in [-0.39, 0.29) is 17.7 Å². The van der Waals surface area contributed by atoms with Gasteiger partial charge >= 0.3 is 12.4 Å². The molecule has 0 aromatic heterocycles. The summed E-state index contributed by atoms with van der Waals surface area (Å²) in [7, 11) is 0. The minimum absolute atomic E-state index is 0.0618. The van der Waals surface area contributed by atoms with Crippen LogP contribution in [0.5, 0.6) is 0 Å². The molecule has 0 N–H and O–H groups in total. The molecule has 2 aromatic carbocycles. The number of benzene rings is 2. The second kappa shape index (κ2) is 7.50. The second-order valence-corrected chi connectivity index (χ2v) is 4.87. The van der Waals surface area contributed by atoms with E-state index in [0.29, 0.717) is 12.1 Å². The predicted molar refractivity (Wildman–Crippen MR) is 67.4 cm³/mol. The molecule has 0 amide bonds. The van der Waals surface area contributed by atoms with Crippen molar-refractivity contribution in [1.29, 1.82) is 0 Å². The molecule has 0 atom stereocenters. The van der Waals surface area contributed by atoms with Crippen molar-refractivity contribution in [3.8, 4) is 0 Å². The molecule has 11 heteroatoms. The Morgan fingerprint density at radius 2 is 0.885 bits per heavy atom. The lowest BCUT2D eigenvalue weighted by molar-refractivity contribution is -0.143. The molecule has 0 nitrogen and oxygen atoms in total. The van der Waals surface area contributed by atoms with E-state index < -0.39 is 52.6 Å². The van der Waals surface area contributed by atoms with Crippen LogP contribution in [0.15, 0.2) is 24.3 Å². The van der Waals surface area contributed by atoms with E-state index in [4.69, 9.17) is 0 Å². The zero-order chi connectivity index (χ0) is 20.4. The SMILES string of the molecule is Cc1cc(C(F)(F)F)cc(C(F)(F)F)c1.Fc1cc(F)c(F)c(F)c1F. The van der Waals surface area contributed by atoms with E-state index in [9.17, 15) is 48.3 Å². The fraction of sp³-hybridized carbons (Fsp3) is 0.200. The molecule has 0 aliphatic heterocycles. The molecule has 2 rings (SSSR count). The Kier molecular flexibility index (Phi) is 6.26. The minimum Gasteiger partial charge on any atom is -0.204 e. The summed E-state index contributed by atoms with van der Waals surface area (Å²) >= 11 is 0. The average molecular weight is 396 g/mol. The lowest BCUT2D eigenvalue weighted by Gasteiger charge is -2.12. The first-order chi connectivity index (χ1) is 11.6. The highest BCUT2D eigenvalue weighted by atomic mass is 19.4. The number of rotatable bonds is 0. The third-order valence-electron chi connectivity index (χ3n) is 2.79. The van der Waals surface area contributed by atoms with Crippen LogP contribution >= 0.6 is 0 Å². The van der Waals surface area contributed by atoms with Gasteiger partial charge in [-0.3, -0.25) is 0 Å². The van der Waals surface area contributed by atoms with Gasteiger partial charge in [0, 0.05) is 6.07 Å². The van der Waals surface area contributed by atoms with Gasteiger partial charge in [-0.25, -0.2) is 22.0 Å². The summed E-state index contributed by atoms with van der Waals surface area (Å²) in [6.07, 6.45) is -9.52. The molecule has 0 unspecified atom stereocenters. The van der Waals surface area contributed by atoms with E-state index >= 15 is 0 Å². The molecule has 0 aliphatic carbocycles. The summed E-state index contributed by atoms with van der Waals surface area (Å²) in [5.41, 5.74) is -2.64. The maximum atomic E-state index is 12.2. The van der Waals surface area contributed by atoms with Crippen molar-refractivity contribution in [3.63, 3.8) is 0 Å². The fourth-order valence-electron chi connectivity index (χ4n) is 1.65. The number of hydrogen-bond donors (Lipinski definition) is 0. The summed E-state index contributed by atoms with van der Waals surface area (Å²) < 4.78 is 133. The molecule has 144 valence electrons. The molecule has 0 saturated heterocycles. The summed E-state index contributed by atoms with van der Waals surface area (Å²) in [6, 6.07) is 1.39. The highest BCUT2D eigenvalue weighted by Gasteiger charge is 2.36. The fourth-order valence-corrected chi connectivity index (χ4v) is 1.65. The molecule has 0 bridgehead atoms. The number of aryl methyl sites for hydroxylation is 1. The summed E-state index contributed by atoms with van der Waals surface area (Å²) in [5.74, 6) is -9.65. The van der Waals surface area contributed by atoms with E-state index in [2.05, 4.69) is 0 Å². The summed E-state index contributed by atoms with van der Waals surface area (Å²) in [5, 5.41) is 0. The summed E-state index contributed by atoms with van der Waals surface area (Å²) in [4.78, 5) is 0. The zero-order valence-electron chi connectivity index (χ0n) is 12.5. The molecule has 26 heavy (non-hydrogen) atoms. The Balaban J connectivity index is 0.000000273. The molecular weight excluding hydrogens is 389 g/mol. The van der Waals surface area contributed by atoms with Crippen LogP contribution in [0.1, 0.15) is 16.7 Å². The maximum absolute atomic E-state index is 12.2. The van der Waals surface area contributed by atoms with Gasteiger partial charge in [0.1, 0.15) is 0 Å². The Bertz CT molecular complexity index is 729. The molecule has 0 fully saturated rings.